The van der Waals surface area contributed by atoms with E-state index in [1.807, 2.05) is 0 Å². The standard InChI is InChI=1S/C16H11NO3S2/c18-12-6-4-11(5-7-12)17-15(20)14(22-16(17)21)9-10-2-1-3-13(19)8-10/h1-9,18-19H. The lowest BCUT2D eigenvalue weighted by Gasteiger charge is -2.14. The van der Waals surface area contributed by atoms with Crippen LogP contribution in [0.2, 0.25) is 0 Å². The molecule has 110 valence electrons. The van der Waals surface area contributed by atoms with E-state index in [1.165, 1.54) is 28.8 Å². The van der Waals surface area contributed by atoms with Crippen LogP contribution in [-0.4, -0.2) is 20.4 Å². The number of phenolic OH excluding ortho intramolecular Hbond substituents is 2. The lowest BCUT2D eigenvalue weighted by atomic mass is 10.2. The number of nitrogens with zero attached hydrogens (tertiary/aromatic N) is 1. The zero-order chi connectivity index (χ0) is 15.7. The van der Waals surface area contributed by atoms with E-state index >= 15 is 0 Å². The number of aromatic hydroxyl groups is 2. The largest absolute Gasteiger partial charge is 0.508 e. The second kappa shape index (κ2) is 5.82. The van der Waals surface area contributed by atoms with Gasteiger partial charge in [-0.1, -0.05) is 36.1 Å². The van der Waals surface area contributed by atoms with Crippen LogP contribution in [0.1, 0.15) is 5.56 Å². The van der Waals surface area contributed by atoms with Gasteiger partial charge in [-0.2, -0.15) is 0 Å². The summed E-state index contributed by atoms with van der Waals surface area (Å²) in [5.41, 5.74) is 1.34. The molecule has 1 aliphatic heterocycles. The third kappa shape index (κ3) is 2.84. The Balaban J connectivity index is 1.93. The first-order valence-corrected chi connectivity index (χ1v) is 7.63. The van der Waals surface area contributed by atoms with Gasteiger partial charge in [-0.25, -0.2) is 0 Å². The Hall–Kier alpha value is -2.31. The zero-order valence-corrected chi connectivity index (χ0v) is 12.9. The van der Waals surface area contributed by atoms with Crippen LogP contribution >= 0.6 is 24.0 Å². The first kappa shape index (κ1) is 14.6. The SMILES string of the molecule is O=C1C(=Cc2cccc(O)c2)SC(=S)N1c1ccc(O)cc1. The molecule has 6 heteroatoms. The van der Waals surface area contributed by atoms with Crippen LogP contribution < -0.4 is 4.90 Å². The number of thiocarbonyl (C=S) groups is 1. The Morgan fingerprint density at radius 2 is 1.77 bits per heavy atom. The molecule has 2 aromatic rings. The number of amides is 1. The number of hydrogen-bond donors (Lipinski definition) is 2. The lowest BCUT2D eigenvalue weighted by Crippen LogP contribution is -2.27. The average molecular weight is 329 g/mol. The van der Waals surface area contributed by atoms with Crippen molar-refractivity contribution < 1.29 is 15.0 Å². The van der Waals surface area contributed by atoms with Gasteiger partial charge in [0, 0.05) is 0 Å². The van der Waals surface area contributed by atoms with Gasteiger partial charge >= 0.3 is 0 Å². The van der Waals surface area contributed by atoms with Gasteiger partial charge in [-0.15, -0.1) is 0 Å². The number of benzene rings is 2. The average Bonchev–Trinajstić information content (AvgIpc) is 2.75. The van der Waals surface area contributed by atoms with Crippen LogP contribution in [0, 0.1) is 0 Å². The number of rotatable bonds is 2. The first-order valence-electron chi connectivity index (χ1n) is 6.40. The molecule has 1 saturated heterocycles. The summed E-state index contributed by atoms with van der Waals surface area (Å²) in [6, 6.07) is 12.9. The fourth-order valence-electron chi connectivity index (χ4n) is 2.06. The predicted octanol–water partition coefficient (Wildman–Crippen LogP) is 3.50. The van der Waals surface area contributed by atoms with Crippen molar-refractivity contribution in [2.45, 2.75) is 0 Å². The van der Waals surface area contributed by atoms with Crippen molar-refractivity contribution >= 4 is 46.0 Å². The highest BCUT2D eigenvalue weighted by atomic mass is 32.2. The van der Waals surface area contributed by atoms with Crippen molar-refractivity contribution in [2.75, 3.05) is 4.90 Å². The first-order chi connectivity index (χ1) is 10.5. The molecule has 22 heavy (non-hydrogen) atoms. The van der Waals surface area contributed by atoms with Crippen LogP contribution in [0.15, 0.2) is 53.4 Å². The smallest absolute Gasteiger partial charge is 0.270 e. The molecule has 0 atom stereocenters. The van der Waals surface area contributed by atoms with Crippen molar-refractivity contribution in [3.05, 3.63) is 59.0 Å². The minimum atomic E-state index is -0.218. The molecule has 0 bridgehead atoms. The van der Waals surface area contributed by atoms with E-state index < -0.39 is 0 Å². The Kier molecular flexibility index (Phi) is 3.87. The third-order valence-corrected chi connectivity index (χ3v) is 4.37. The fraction of sp³-hybridized carbons (Fsp3) is 0. The Morgan fingerprint density at radius 3 is 2.45 bits per heavy atom. The number of carbonyl (C=O) groups excluding carboxylic acids is 1. The highest BCUT2D eigenvalue weighted by Crippen LogP contribution is 2.36. The van der Waals surface area contributed by atoms with Gasteiger partial charge in [-0.3, -0.25) is 9.69 Å². The molecular weight excluding hydrogens is 318 g/mol. The monoisotopic (exact) mass is 329 g/mol. The molecule has 0 unspecified atom stereocenters. The molecule has 1 aliphatic rings. The minimum absolute atomic E-state index is 0.129. The summed E-state index contributed by atoms with van der Waals surface area (Å²) in [6.45, 7) is 0. The van der Waals surface area contributed by atoms with Gasteiger partial charge in [0.15, 0.2) is 4.32 Å². The summed E-state index contributed by atoms with van der Waals surface area (Å²) in [7, 11) is 0. The molecule has 0 radical (unpaired) electrons. The van der Waals surface area contributed by atoms with Gasteiger partial charge < -0.3 is 10.2 Å². The van der Waals surface area contributed by atoms with Gasteiger partial charge in [0.25, 0.3) is 5.91 Å². The summed E-state index contributed by atoms with van der Waals surface area (Å²) in [5, 5.41) is 18.8. The molecule has 1 fully saturated rings. The van der Waals surface area contributed by atoms with Crippen LogP contribution in [0.5, 0.6) is 11.5 Å². The van der Waals surface area contributed by atoms with Gasteiger partial charge in [-0.05, 0) is 48.0 Å². The fourth-order valence-corrected chi connectivity index (χ4v) is 3.36. The van der Waals surface area contributed by atoms with E-state index in [0.29, 0.717) is 14.9 Å². The number of anilines is 1. The quantitative estimate of drug-likeness (QED) is 0.652. The minimum Gasteiger partial charge on any atom is -0.508 e. The van der Waals surface area contributed by atoms with Crippen molar-refractivity contribution in [2.24, 2.45) is 0 Å². The molecule has 2 N–H and O–H groups in total. The topological polar surface area (TPSA) is 60.8 Å². The van der Waals surface area contributed by atoms with Crippen molar-refractivity contribution in [1.82, 2.24) is 0 Å². The Morgan fingerprint density at radius 1 is 1.05 bits per heavy atom. The number of phenols is 2. The molecule has 0 aromatic heterocycles. The zero-order valence-electron chi connectivity index (χ0n) is 11.3. The summed E-state index contributed by atoms with van der Waals surface area (Å²) in [5.74, 6) is 0.0521. The second-order valence-electron chi connectivity index (χ2n) is 4.63. The Bertz CT molecular complexity index is 784. The summed E-state index contributed by atoms with van der Waals surface area (Å²) >= 11 is 6.47. The van der Waals surface area contributed by atoms with E-state index in [1.54, 1.807) is 42.5 Å². The maximum absolute atomic E-state index is 12.5. The number of thioether (sulfide) groups is 1. The van der Waals surface area contributed by atoms with E-state index in [-0.39, 0.29) is 17.4 Å². The van der Waals surface area contributed by atoms with Gasteiger partial charge in [0.2, 0.25) is 0 Å². The summed E-state index contributed by atoms with van der Waals surface area (Å²) < 4.78 is 0.432. The molecular formula is C16H11NO3S2. The molecule has 1 heterocycles. The predicted molar refractivity (Wildman–Crippen MR) is 91.9 cm³/mol. The second-order valence-corrected chi connectivity index (χ2v) is 6.30. The van der Waals surface area contributed by atoms with Crippen LogP contribution in [-0.2, 0) is 4.79 Å². The molecule has 4 nitrogen and oxygen atoms in total. The number of hydrogen-bond acceptors (Lipinski definition) is 5. The molecule has 0 spiro atoms. The number of carbonyl (C=O) groups is 1. The highest BCUT2D eigenvalue weighted by molar-refractivity contribution is 8.27. The maximum atomic E-state index is 12.5. The lowest BCUT2D eigenvalue weighted by molar-refractivity contribution is -0.113. The van der Waals surface area contributed by atoms with E-state index in [2.05, 4.69) is 0 Å². The van der Waals surface area contributed by atoms with Gasteiger partial charge in [0.05, 0.1) is 10.6 Å². The normalized spacial score (nSPS) is 16.5. The molecule has 3 rings (SSSR count). The molecule has 2 aromatic carbocycles. The van der Waals surface area contributed by atoms with Crippen molar-refractivity contribution in [1.29, 1.82) is 0 Å². The summed E-state index contributed by atoms with van der Waals surface area (Å²) in [4.78, 5) is 14.4. The summed E-state index contributed by atoms with van der Waals surface area (Å²) in [6.07, 6.45) is 1.69. The van der Waals surface area contributed by atoms with Crippen molar-refractivity contribution in [3.8, 4) is 11.5 Å². The van der Waals surface area contributed by atoms with E-state index in [9.17, 15) is 15.0 Å². The molecule has 0 saturated carbocycles. The van der Waals surface area contributed by atoms with Crippen LogP contribution in [0.4, 0.5) is 5.69 Å². The molecule has 1 amide bonds. The molecule has 0 aliphatic carbocycles. The van der Waals surface area contributed by atoms with Crippen LogP contribution in [0.25, 0.3) is 6.08 Å². The van der Waals surface area contributed by atoms with Crippen LogP contribution in [0.3, 0.4) is 0 Å². The van der Waals surface area contributed by atoms with Crippen molar-refractivity contribution in [3.63, 3.8) is 0 Å². The van der Waals surface area contributed by atoms with Gasteiger partial charge in [0.1, 0.15) is 11.5 Å². The van der Waals surface area contributed by atoms with E-state index in [4.69, 9.17) is 12.2 Å². The van der Waals surface area contributed by atoms with E-state index in [0.717, 1.165) is 5.56 Å². The maximum Gasteiger partial charge on any atom is 0.270 e. The third-order valence-electron chi connectivity index (χ3n) is 3.07. The Labute approximate surface area is 136 Å². The highest BCUT2D eigenvalue weighted by Gasteiger charge is 2.33.